The summed E-state index contributed by atoms with van der Waals surface area (Å²) < 4.78 is 54.6. The fraction of sp³-hybridized carbons (Fsp3) is 0. The molecule has 0 saturated carbocycles. The van der Waals surface area contributed by atoms with Crippen LogP contribution in [0.3, 0.4) is 0 Å². The van der Waals surface area contributed by atoms with Crippen molar-refractivity contribution in [2.24, 2.45) is 11.8 Å². The van der Waals surface area contributed by atoms with Gasteiger partial charge >= 0.3 is 71.6 Å². The van der Waals surface area contributed by atoms with Gasteiger partial charge in [0.25, 0.3) is 0 Å². The summed E-state index contributed by atoms with van der Waals surface area (Å²) in [5.74, 6) is 9.41. The topological polar surface area (TPSA) is 139 Å². The van der Waals surface area contributed by atoms with Crippen molar-refractivity contribution in [3.63, 3.8) is 0 Å². The van der Waals surface area contributed by atoms with Crippen LogP contribution in [0.5, 0.6) is 0 Å². The monoisotopic (exact) mass is 358 g/mol. The molecule has 0 aromatic heterocycles. The van der Waals surface area contributed by atoms with Gasteiger partial charge in [-0.25, -0.2) is 0 Å². The number of rotatable bonds is 4. The average molecular weight is 358 g/mol. The van der Waals surface area contributed by atoms with Crippen molar-refractivity contribution >= 4 is 31.0 Å². The number of benzene rings is 2. The van der Waals surface area contributed by atoms with E-state index in [0.29, 0.717) is 5.39 Å². The van der Waals surface area contributed by atoms with Crippen LogP contribution in [0.25, 0.3) is 10.8 Å². The first kappa shape index (κ1) is 19.1. The van der Waals surface area contributed by atoms with Gasteiger partial charge in [-0.3, -0.25) is 0 Å². The van der Waals surface area contributed by atoms with E-state index in [-0.39, 0.29) is 58.2 Å². The molecule has 0 aliphatic heterocycles. The summed E-state index contributed by atoms with van der Waals surface area (Å²) in [6, 6.07) is 8.31. The normalized spacial score (nSPS) is 12.1. The van der Waals surface area contributed by atoms with Crippen molar-refractivity contribution in [3.8, 4) is 0 Å². The van der Waals surface area contributed by atoms with Crippen molar-refractivity contribution in [2.75, 3.05) is 0 Å². The zero-order valence-electron chi connectivity index (χ0n) is 11.9. The molecular weight excluding hydrogens is 347 g/mol. The predicted molar refractivity (Wildman–Crippen MR) is 70.0 cm³/mol. The van der Waals surface area contributed by atoms with Gasteiger partial charge in [-0.1, -0.05) is 24.3 Å². The number of hydrogen-bond acceptors (Lipinski definition) is 8. The molecule has 11 heteroatoms. The number of nitrogens with two attached hydrogens (primary N) is 2. The van der Waals surface area contributed by atoms with Crippen molar-refractivity contribution in [2.45, 2.75) is 9.79 Å². The van der Waals surface area contributed by atoms with Gasteiger partial charge in [0, 0.05) is 5.39 Å². The molecule has 0 spiro atoms. The summed E-state index contributed by atoms with van der Waals surface area (Å²) in [5.41, 5.74) is 0. The van der Waals surface area contributed by atoms with Gasteiger partial charge in [0.05, 0.1) is 4.90 Å². The average Bonchev–Trinajstić information content (AvgIpc) is 2.45. The molecule has 110 valence electrons. The SMILES string of the molecule is NOS(=O)(=O)c1cc(S(=O)(=O)ON)c2ccccc2c1.[H-].[K+]. The van der Waals surface area contributed by atoms with E-state index < -0.39 is 30.0 Å². The minimum Gasteiger partial charge on any atom is -1.00 e. The smallest absolute Gasteiger partial charge is 1.00 e. The van der Waals surface area contributed by atoms with E-state index in [9.17, 15) is 16.8 Å². The Bertz CT molecular complexity index is 872. The standard InChI is InChI=1S/C10H10N2O6S2.K.H/c11-17-19(13,14)8-5-7-3-1-2-4-9(7)10(6-8)20(15,16)18-12;;/h1-6H,11-12H2;;/q;+1;-1. The number of hydrogen-bond donors (Lipinski definition) is 2. The maximum absolute atomic E-state index is 11.8. The number of fused-ring (bicyclic) bond motifs is 1. The van der Waals surface area contributed by atoms with E-state index >= 15 is 0 Å². The molecule has 8 nitrogen and oxygen atoms in total. The minimum absolute atomic E-state index is 0. The maximum Gasteiger partial charge on any atom is 1.00 e. The fourth-order valence-corrected chi connectivity index (χ4v) is 3.26. The molecule has 0 bridgehead atoms. The summed E-state index contributed by atoms with van der Waals surface area (Å²) in [4.78, 5) is -0.817. The first-order chi connectivity index (χ1) is 9.31. The van der Waals surface area contributed by atoms with Gasteiger partial charge in [0.1, 0.15) is 4.90 Å². The van der Waals surface area contributed by atoms with E-state index in [2.05, 4.69) is 14.5 Å². The summed E-state index contributed by atoms with van der Waals surface area (Å²) in [6.07, 6.45) is 0. The second kappa shape index (κ2) is 7.10. The van der Waals surface area contributed by atoms with Crippen LogP contribution in [-0.4, -0.2) is 16.8 Å². The van der Waals surface area contributed by atoms with Crippen molar-refractivity contribution in [1.29, 1.82) is 0 Å². The molecule has 21 heavy (non-hydrogen) atoms. The third kappa shape index (κ3) is 3.89. The van der Waals surface area contributed by atoms with Crippen LogP contribution < -0.4 is 63.2 Å². The quantitative estimate of drug-likeness (QED) is 0.439. The van der Waals surface area contributed by atoms with E-state index in [0.717, 1.165) is 6.07 Å². The molecule has 0 atom stereocenters. The van der Waals surface area contributed by atoms with Crippen molar-refractivity contribution in [3.05, 3.63) is 36.4 Å². The Morgan fingerprint density at radius 2 is 1.48 bits per heavy atom. The predicted octanol–water partition coefficient (Wildman–Crippen LogP) is -2.89. The van der Waals surface area contributed by atoms with Crippen LogP contribution in [0.15, 0.2) is 46.2 Å². The Kier molecular flexibility index (Phi) is 6.47. The molecule has 4 N–H and O–H groups in total. The first-order valence-corrected chi connectivity index (χ1v) is 7.93. The van der Waals surface area contributed by atoms with E-state index in [4.69, 9.17) is 5.90 Å². The van der Waals surface area contributed by atoms with Crippen LogP contribution in [0.2, 0.25) is 0 Å². The molecule has 0 aliphatic rings. The van der Waals surface area contributed by atoms with Crippen molar-refractivity contribution in [1.82, 2.24) is 0 Å². The van der Waals surface area contributed by atoms with Gasteiger partial charge < -0.3 is 1.43 Å². The molecule has 0 unspecified atom stereocenters. The van der Waals surface area contributed by atoms with Crippen LogP contribution in [0.4, 0.5) is 0 Å². The Labute approximate surface area is 165 Å². The summed E-state index contributed by atoms with van der Waals surface area (Å²) >= 11 is 0. The van der Waals surface area contributed by atoms with Gasteiger partial charge in [0.2, 0.25) is 0 Å². The van der Waals surface area contributed by atoms with Crippen molar-refractivity contribution < 1.29 is 78.2 Å². The molecule has 2 aromatic rings. The van der Waals surface area contributed by atoms with E-state index in [1.54, 1.807) is 12.1 Å². The van der Waals surface area contributed by atoms with Crippen LogP contribution in [0, 0.1) is 0 Å². The Morgan fingerprint density at radius 3 is 2.05 bits per heavy atom. The zero-order valence-corrected chi connectivity index (χ0v) is 15.6. The maximum atomic E-state index is 11.8. The van der Waals surface area contributed by atoms with Gasteiger partial charge in [-0.2, -0.15) is 37.2 Å². The third-order valence-electron chi connectivity index (χ3n) is 2.61. The molecule has 0 fully saturated rings. The Morgan fingerprint density at radius 1 is 0.905 bits per heavy atom. The molecular formula is C10H11KN2O6S2. The Balaban J connectivity index is 0.00000220. The van der Waals surface area contributed by atoms with Crippen LogP contribution in [-0.2, 0) is 28.8 Å². The largest absolute Gasteiger partial charge is 1.00 e. The van der Waals surface area contributed by atoms with Gasteiger partial charge in [-0.05, 0) is 17.5 Å². The summed E-state index contributed by atoms with van der Waals surface area (Å²) in [7, 11) is -8.56. The minimum atomic E-state index is -4.30. The second-order valence-corrected chi connectivity index (χ2v) is 6.86. The molecule has 0 heterocycles. The molecule has 0 radical (unpaired) electrons. The second-order valence-electron chi connectivity index (χ2n) is 3.74. The molecule has 2 aromatic carbocycles. The van der Waals surface area contributed by atoms with Gasteiger partial charge in [0.15, 0.2) is 0 Å². The van der Waals surface area contributed by atoms with Crippen LogP contribution in [0.1, 0.15) is 1.43 Å². The zero-order chi connectivity index (χ0) is 15.0. The van der Waals surface area contributed by atoms with E-state index in [1.165, 1.54) is 18.2 Å². The van der Waals surface area contributed by atoms with Crippen LogP contribution >= 0.6 is 0 Å². The van der Waals surface area contributed by atoms with E-state index in [1.807, 2.05) is 0 Å². The molecule has 0 aliphatic carbocycles. The third-order valence-corrected chi connectivity index (χ3v) is 4.80. The molecule has 0 amide bonds. The van der Waals surface area contributed by atoms with Gasteiger partial charge in [-0.15, -0.1) is 0 Å². The summed E-state index contributed by atoms with van der Waals surface area (Å²) in [6.45, 7) is 0. The fourth-order valence-electron chi connectivity index (χ4n) is 1.71. The molecule has 2 rings (SSSR count). The summed E-state index contributed by atoms with van der Waals surface area (Å²) in [5, 5.41) is 0.607. The Hall–Kier alpha value is 0.0764. The molecule has 0 saturated heterocycles. The first-order valence-electron chi connectivity index (χ1n) is 5.11.